The maximum absolute atomic E-state index is 6.14. The van der Waals surface area contributed by atoms with Crippen LogP contribution in [-0.2, 0) is 19.6 Å². The van der Waals surface area contributed by atoms with Crippen LogP contribution in [0.4, 0.5) is 5.69 Å². The van der Waals surface area contributed by atoms with E-state index in [4.69, 9.17) is 22.1 Å². The molecule has 3 heterocycles. The molecule has 0 unspecified atom stereocenters. The van der Waals surface area contributed by atoms with Crippen molar-refractivity contribution < 1.29 is 4.74 Å². The van der Waals surface area contributed by atoms with Gasteiger partial charge in [0.2, 0.25) is 0 Å². The molecule has 38 heavy (non-hydrogen) atoms. The molecule has 0 spiro atoms. The maximum atomic E-state index is 6.14. The molecule has 0 saturated carbocycles. The van der Waals surface area contributed by atoms with Crippen LogP contribution >= 0.6 is 28.1 Å². The molecule has 192 valence electrons. The van der Waals surface area contributed by atoms with Gasteiger partial charge in [-0.3, -0.25) is 0 Å². The smallest absolute Gasteiger partial charge is 0.169 e. The first kappa shape index (κ1) is 24.9. The number of nitrogens with zero attached hydrogens (tertiary/aromatic N) is 3. The molecule has 1 N–H and O–H groups in total. The molecule has 0 amide bonds. The number of ether oxygens (including phenoxy) is 1. The first-order valence-corrected chi connectivity index (χ1v) is 14.1. The van der Waals surface area contributed by atoms with Crippen LogP contribution in [0.15, 0.2) is 77.3 Å². The number of hydrogen-bond donors (Lipinski definition) is 1. The van der Waals surface area contributed by atoms with Gasteiger partial charge in [-0.05, 0) is 80.1 Å². The summed E-state index contributed by atoms with van der Waals surface area (Å²) in [6, 6.07) is 24.8. The van der Waals surface area contributed by atoms with Gasteiger partial charge in [0.25, 0.3) is 0 Å². The van der Waals surface area contributed by atoms with E-state index in [1.807, 2.05) is 30.3 Å². The molecule has 0 bridgehead atoms. The third kappa shape index (κ3) is 4.65. The second kappa shape index (κ2) is 10.4. The minimum Gasteiger partial charge on any atom is -0.486 e. The third-order valence-electron chi connectivity index (χ3n) is 7.16. The van der Waals surface area contributed by atoms with Gasteiger partial charge in [-0.2, -0.15) is 0 Å². The lowest BCUT2D eigenvalue weighted by atomic mass is 9.98. The summed E-state index contributed by atoms with van der Waals surface area (Å²) in [5.74, 6) is 1.75. The van der Waals surface area contributed by atoms with Gasteiger partial charge in [0.05, 0.1) is 0 Å². The third-order valence-corrected chi connectivity index (χ3v) is 7.99. The van der Waals surface area contributed by atoms with Gasteiger partial charge >= 0.3 is 0 Å². The molecule has 3 aromatic carbocycles. The van der Waals surface area contributed by atoms with Gasteiger partial charge in [-0.1, -0.05) is 70.6 Å². The summed E-state index contributed by atoms with van der Waals surface area (Å²) in [7, 11) is 0. The fourth-order valence-corrected chi connectivity index (χ4v) is 5.83. The van der Waals surface area contributed by atoms with Crippen molar-refractivity contribution in [3.05, 3.63) is 105 Å². The van der Waals surface area contributed by atoms with Gasteiger partial charge in [-0.15, -0.1) is 5.10 Å². The normalized spacial score (nSPS) is 12.9. The Kier molecular flexibility index (Phi) is 6.80. The fraction of sp³-hybridized carbons (Fsp3) is 0.226. The topological polar surface area (TPSA) is 43.5 Å². The number of para-hydroxylation sites is 1. The number of aromatic nitrogens is 3. The molecule has 0 fully saturated rings. The van der Waals surface area contributed by atoms with Crippen LogP contribution in [0.25, 0.3) is 16.8 Å². The van der Waals surface area contributed by atoms with E-state index >= 15 is 0 Å². The van der Waals surface area contributed by atoms with Gasteiger partial charge in [0, 0.05) is 27.8 Å². The van der Waals surface area contributed by atoms with Crippen molar-refractivity contribution in [1.82, 2.24) is 14.2 Å². The Morgan fingerprint density at radius 1 is 1.03 bits per heavy atom. The van der Waals surface area contributed by atoms with E-state index in [0.717, 1.165) is 75.6 Å². The van der Waals surface area contributed by atoms with Crippen molar-refractivity contribution in [3.8, 4) is 16.9 Å². The summed E-state index contributed by atoms with van der Waals surface area (Å²) in [4.78, 5) is 0.665. The number of aryl methyl sites for hydroxylation is 4. The molecule has 1 aliphatic rings. The summed E-state index contributed by atoms with van der Waals surface area (Å²) in [5.41, 5.74) is 9.00. The van der Waals surface area contributed by atoms with Crippen LogP contribution in [0.2, 0.25) is 0 Å². The summed E-state index contributed by atoms with van der Waals surface area (Å²) < 4.78 is 11.6. The quantitative estimate of drug-likeness (QED) is 0.206. The lowest BCUT2D eigenvalue weighted by Crippen LogP contribution is -2.16. The highest BCUT2D eigenvalue weighted by Gasteiger charge is 2.29. The lowest BCUT2D eigenvalue weighted by molar-refractivity contribution is 0.288. The molecule has 1 aliphatic heterocycles. The zero-order chi connectivity index (χ0) is 26.2. The van der Waals surface area contributed by atoms with Crippen molar-refractivity contribution >= 4 is 44.5 Å². The van der Waals surface area contributed by atoms with Crippen LogP contribution in [0, 0.1) is 13.8 Å². The lowest BCUT2D eigenvalue weighted by Gasteiger charge is -2.14. The largest absolute Gasteiger partial charge is 0.486 e. The first-order valence-electron chi connectivity index (χ1n) is 12.9. The van der Waals surface area contributed by atoms with Crippen LogP contribution in [-0.4, -0.2) is 19.2 Å². The second-order valence-electron chi connectivity index (χ2n) is 9.84. The average molecular weight is 586 g/mol. The number of nitrogens with one attached hydrogen (secondary N) is 1. The van der Waals surface area contributed by atoms with Crippen molar-refractivity contribution in [2.45, 2.75) is 46.3 Å². The molecule has 0 radical (unpaired) electrons. The SMILES string of the molecule is Cc1ccc(C)c(NC(=S)c2c(-c3ccc(Br)cc3)c3c4n(c(COc5ccccc5)nn24)CCCC3)c1. The zero-order valence-electron chi connectivity index (χ0n) is 21.5. The Labute approximate surface area is 236 Å². The van der Waals surface area contributed by atoms with E-state index in [1.54, 1.807) is 0 Å². The van der Waals surface area contributed by atoms with Crippen LogP contribution < -0.4 is 10.1 Å². The van der Waals surface area contributed by atoms with E-state index in [0.29, 0.717) is 11.6 Å². The van der Waals surface area contributed by atoms with Crippen molar-refractivity contribution in [2.75, 3.05) is 5.32 Å². The number of benzene rings is 3. The van der Waals surface area contributed by atoms with Crippen molar-refractivity contribution in [3.63, 3.8) is 0 Å². The van der Waals surface area contributed by atoms with Crippen LogP contribution in [0.5, 0.6) is 5.75 Å². The van der Waals surface area contributed by atoms with Gasteiger partial charge in [0.1, 0.15) is 28.7 Å². The minimum absolute atomic E-state index is 0.398. The fourth-order valence-electron chi connectivity index (χ4n) is 5.26. The zero-order valence-corrected chi connectivity index (χ0v) is 23.9. The number of halogens is 1. The standard InChI is InChI=1S/C31H29BrN4OS/c1-20-11-12-21(2)26(18-20)33-30(38)29-28(22-13-15-23(32)16-14-22)25-10-6-7-17-35-27(34-36(29)31(25)35)19-37-24-8-4-3-5-9-24/h3-5,8-9,11-16,18H,6-7,10,17,19H2,1-2H3,(H,33,38). The molecular weight excluding hydrogens is 556 g/mol. The Morgan fingerprint density at radius 2 is 1.82 bits per heavy atom. The predicted octanol–water partition coefficient (Wildman–Crippen LogP) is 7.89. The number of rotatable bonds is 6. The second-order valence-corrected chi connectivity index (χ2v) is 11.2. The molecule has 5 nitrogen and oxygen atoms in total. The highest BCUT2D eigenvalue weighted by Crippen LogP contribution is 2.38. The number of anilines is 1. The molecular formula is C31H29BrN4OS. The van der Waals surface area contributed by atoms with Crippen LogP contribution in [0.1, 0.15) is 41.1 Å². The van der Waals surface area contributed by atoms with Gasteiger partial charge in [0.15, 0.2) is 5.82 Å². The number of hydrogen-bond acceptors (Lipinski definition) is 3. The molecule has 5 aromatic rings. The van der Waals surface area contributed by atoms with E-state index in [-0.39, 0.29) is 0 Å². The monoisotopic (exact) mass is 584 g/mol. The minimum atomic E-state index is 0.398. The summed E-state index contributed by atoms with van der Waals surface area (Å²) in [6.45, 7) is 5.51. The van der Waals surface area contributed by atoms with E-state index in [2.05, 4.69) is 86.6 Å². The van der Waals surface area contributed by atoms with Crippen molar-refractivity contribution in [2.24, 2.45) is 0 Å². The molecule has 0 atom stereocenters. The number of thiocarbonyl (C=S) groups is 1. The van der Waals surface area contributed by atoms with Crippen molar-refractivity contribution in [1.29, 1.82) is 0 Å². The Hall–Kier alpha value is -3.42. The molecule has 0 aliphatic carbocycles. The Balaban J connectivity index is 1.51. The van der Waals surface area contributed by atoms with E-state index in [9.17, 15) is 0 Å². The Bertz CT molecular complexity index is 1640. The highest BCUT2D eigenvalue weighted by atomic mass is 79.9. The molecule has 7 heteroatoms. The predicted molar refractivity (Wildman–Crippen MR) is 161 cm³/mol. The average Bonchev–Trinajstić information content (AvgIpc) is 3.32. The summed E-state index contributed by atoms with van der Waals surface area (Å²) in [6.07, 6.45) is 3.19. The Morgan fingerprint density at radius 3 is 2.61 bits per heavy atom. The molecule has 0 saturated heterocycles. The summed E-state index contributed by atoms with van der Waals surface area (Å²) in [5, 5.41) is 8.69. The van der Waals surface area contributed by atoms with Gasteiger partial charge in [-0.25, -0.2) is 4.52 Å². The first-order chi connectivity index (χ1) is 18.5. The summed E-state index contributed by atoms with van der Waals surface area (Å²) >= 11 is 9.73. The highest BCUT2D eigenvalue weighted by molar-refractivity contribution is 9.10. The maximum Gasteiger partial charge on any atom is 0.169 e. The van der Waals surface area contributed by atoms with Gasteiger partial charge < -0.3 is 14.6 Å². The van der Waals surface area contributed by atoms with E-state index < -0.39 is 0 Å². The van der Waals surface area contributed by atoms with E-state index in [1.165, 1.54) is 11.1 Å². The molecule has 6 rings (SSSR count). The molecule has 2 aromatic heterocycles. The van der Waals surface area contributed by atoms with Crippen LogP contribution in [0.3, 0.4) is 0 Å².